The molecule has 2 N–H and O–H groups in total. The van der Waals surface area contributed by atoms with Gasteiger partial charge in [0.15, 0.2) is 20.4 Å². The number of hydrogen-bond donors (Lipinski definition) is 1. The van der Waals surface area contributed by atoms with Crippen LogP contribution >= 0.6 is 11.6 Å². The molecule has 2 rings (SSSR count). The molecule has 0 spiro atoms. The van der Waals surface area contributed by atoms with Gasteiger partial charge in [-0.05, 0) is 36.8 Å². The summed E-state index contributed by atoms with van der Waals surface area (Å²) >= 11 is 5.67. The molecule has 0 aromatic heterocycles. The Hall–Kier alpha value is -2.18. The summed E-state index contributed by atoms with van der Waals surface area (Å²) in [6.07, 6.45) is 0. The van der Waals surface area contributed by atoms with Crippen molar-refractivity contribution in [3.63, 3.8) is 0 Å². The lowest BCUT2D eigenvalue weighted by Gasteiger charge is -2.28. The fraction of sp³-hybridized carbons (Fsp3) is 0.176. The summed E-state index contributed by atoms with van der Waals surface area (Å²) in [6.45, 7) is 1.34. The number of hydrogen-bond acceptors (Lipinski definition) is 4. The number of sulfone groups is 1. The number of Topliss-reactive ketones (excluding diaryl/α,β-unsaturated/α-hetero) is 1. The Labute approximate surface area is 145 Å². The van der Waals surface area contributed by atoms with Gasteiger partial charge in [0.25, 0.3) is 0 Å². The van der Waals surface area contributed by atoms with E-state index in [0.29, 0.717) is 5.56 Å². The average molecular weight is 366 g/mol. The SMILES string of the molecule is CC(C(=O)CCl)(c1ccccc1)S(=O)(=O)c1ccc(C(N)=O)cc1. The summed E-state index contributed by atoms with van der Waals surface area (Å²) in [5.74, 6) is -1.74. The van der Waals surface area contributed by atoms with Crippen molar-refractivity contribution in [2.75, 3.05) is 5.88 Å². The molecule has 0 saturated heterocycles. The molecule has 0 fully saturated rings. The molecule has 0 bridgehead atoms. The molecule has 1 unspecified atom stereocenters. The lowest BCUT2D eigenvalue weighted by molar-refractivity contribution is -0.119. The Kier molecular flexibility index (Phi) is 5.11. The standard InChI is InChI=1S/C17H16ClNO4S/c1-17(15(20)11-18,13-5-3-2-4-6-13)24(22,23)14-9-7-12(8-10-14)16(19)21/h2-10H,11H2,1H3,(H2,19,21). The molecule has 1 atom stereocenters. The second-order valence-electron chi connectivity index (χ2n) is 5.35. The van der Waals surface area contributed by atoms with Gasteiger partial charge in [0.2, 0.25) is 5.91 Å². The van der Waals surface area contributed by atoms with Crippen molar-refractivity contribution in [2.45, 2.75) is 16.6 Å². The summed E-state index contributed by atoms with van der Waals surface area (Å²) in [7, 11) is -4.09. The van der Waals surface area contributed by atoms with Crippen LogP contribution in [0.3, 0.4) is 0 Å². The third-order valence-electron chi connectivity index (χ3n) is 3.96. The van der Waals surface area contributed by atoms with E-state index in [1.807, 2.05) is 0 Å². The highest BCUT2D eigenvalue weighted by molar-refractivity contribution is 7.93. The van der Waals surface area contributed by atoms with Crippen LogP contribution in [0.25, 0.3) is 0 Å². The Balaban J connectivity index is 2.65. The highest BCUT2D eigenvalue weighted by Gasteiger charge is 2.47. The van der Waals surface area contributed by atoms with E-state index in [-0.39, 0.29) is 10.5 Å². The molecule has 0 heterocycles. The number of carbonyl (C=O) groups excluding carboxylic acids is 2. The normalized spacial score (nSPS) is 13.9. The van der Waals surface area contributed by atoms with Gasteiger partial charge in [-0.3, -0.25) is 9.59 Å². The van der Waals surface area contributed by atoms with Gasteiger partial charge in [-0.25, -0.2) is 8.42 Å². The zero-order chi connectivity index (χ0) is 18.0. The van der Waals surface area contributed by atoms with Crippen molar-refractivity contribution in [2.24, 2.45) is 5.73 Å². The first kappa shape index (κ1) is 18.2. The van der Waals surface area contributed by atoms with Gasteiger partial charge in [-0.2, -0.15) is 0 Å². The van der Waals surface area contributed by atoms with E-state index in [4.69, 9.17) is 17.3 Å². The molecule has 24 heavy (non-hydrogen) atoms. The number of halogens is 1. The number of nitrogens with two attached hydrogens (primary N) is 1. The van der Waals surface area contributed by atoms with Crippen LogP contribution in [-0.4, -0.2) is 26.0 Å². The fourth-order valence-electron chi connectivity index (χ4n) is 2.38. The van der Waals surface area contributed by atoms with Gasteiger partial charge in [-0.15, -0.1) is 11.6 Å². The third-order valence-corrected chi connectivity index (χ3v) is 6.64. The van der Waals surface area contributed by atoms with Gasteiger partial charge in [0, 0.05) is 5.56 Å². The maximum Gasteiger partial charge on any atom is 0.248 e. The summed E-state index contributed by atoms with van der Waals surface area (Å²) in [4.78, 5) is 23.5. The number of benzene rings is 2. The first-order chi connectivity index (χ1) is 11.2. The highest BCUT2D eigenvalue weighted by atomic mass is 35.5. The van der Waals surface area contributed by atoms with Crippen LogP contribution in [0.4, 0.5) is 0 Å². The summed E-state index contributed by atoms with van der Waals surface area (Å²) < 4.78 is 24.5. The van der Waals surface area contributed by atoms with Crippen molar-refractivity contribution >= 4 is 33.1 Å². The van der Waals surface area contributed by atoms with E-state index < -0.39 is 32.2 Å². The minimum Gasteiger partial charge on any atom is -0.366 e. The Morgan fingerprint density at radius 2 is 1.58 bits per heavy atom. The second kappa shape index (κ2) is 6.75. The number of rotatable bonds is 6. The molecule has 0 aliphatic rings. The average Bonchev–Trinajstić information content (AvgIpc) is 2.60. The molecule has 0 saturated carbocycles. The number of amides is 1. The molecule has 0 aliphatic carbocycles. The molecule has 2 aromatic rings. The molecule has 5 nitrogen and oxygen atoms in total. The van der Waals surface area contributed by atoms with Crippen LogP contribution < -0.4 is 5.73 Å². The first-order valence-electron chi connectivity index (χ1n) is 7.04. The molecular formula is C17H16ClNO4S. The lowest BCUT2D eigenvalue weighted by Crippen LogP contribution is -2.41. The molecular weight excluding hydrogens is 350 g/mol. The first-order valence-corrected chi connectivity index (χ1v) is 9.06. The molecule has 0 radical (unpaired) electrons. The Bertz CT molecular complexity index is 863. The zero-order valence-electron chi connectivity index (χ0n) is 12.9. The van der Waals surface area contributed by atoms with Gasteiger partial charge in [-0.1, -0.05) is 30.3 Å². The van der Waals surface area contributed by atoms with Crippen molar-refractivity contribution in [1.29, 1.82) is 0 Å². The van der Waals surface area contributed by atoms with Crippen LogP contribution in [0.2, 0.25) is 0 Å². The number of ketones is 1. The number of alkyl halides is 1. The lowest BCUT2D eigenvalue weighted by atomic mass is 9.96. The summed E-state index contributed by atoms with van der Waals surface area (Å²) in [5, 5.41) is 0. The third kappa shape index (κ3) is 2.95. The monoisotopic (exact) mass is 365 g/mol. The van der Waals surface area contributed by atoms with Crippen LogP contribution in [0.5, 0.6) is 0 Å². The van der Waals surface area contributed by atoms with Gasteiger partial charge in [0.1, 0.15) is 0 Å². The number of primary amides is 1. The predicted octanol–water partition coefficient (Wildman–Crippen LogP) is 2.28. The van der Waals surface area contributed by atoms with Crippen molar-refractivity contribution in [3.8, 4) is 0 Å². The molecule has 1 amide bonds. The van der Waals surface area contributed by atoms with E-state index in [1.54, 1.807) is 30.3 Å². The second-order valence-corrected chi connectivity index (χ2v) is 7.91. The highest BCUT2D eigenvalue weighted by Crippen LogP contribution is 2.36. The van der Waals surface area contributed by atoms with E-state index in [0.717, 1.165) is 0 Å². The Morgan fingerprint density at radius 1 is 1.04 bits per heavy atom. The Morgan fingerprint density at radius 3 is 2.04 bits per heavy atom. The van der Waals surface area contributed by atoms with Crippen LogP contribution in [0.15, 0.2) is 59.5 Å². The van der Waals surface area contributed by atoms with Crippen molar-refractivity contribution in [1.82, 2.24) is 0 Å². The fourth-order valence-corrected chi connectivity index (χ4v) is 4.51. The van der Waals surface area contributed by atoms with E-state index in [9.17, 15) is 18.0 Å². The minimum atomic E-state index is -4.09. The number of carbonyl (C=O) groups is 2. The van der Waals surface area contributed by atoms with E-state index in [1.165, 1.54) is 31.2 Å². The van der Waals surface area contributed by atoms with Crippen LogP contribution in [-0.2, 0) is 19.4 Å². The minimum absolute atomic E-state index is 0.0858. The maximum atomic E-state index is 13.1. The van der Waals surface area contributed by atoms with Gasteiger partial charge < -0.3 is 5.73 Å². The van der Waals surface area contributed by atoms with E-state index >= 15 is 0 Å². The van der Waals surface area contributed by atoms with Crippen LogP contribution in [0.1, 0.15) is 22.8 Å². The van der Waals surface area contributed by atoms with Crippen LogP contribution in [0, 0.1) is 0 Å². The molecule has 126 valence electrons. The van der Waals surface area contributed by atoms with E-state index in [2.05, 4.69) is 0 Å². The van der Waals surface area contributed by atoms with Crippen molar-refractivity contribution < 1.29 is 18.0 Å². The predicted molar refractivity (Wildman–Crippen MR) is 91.7 cm³/mol. The van der Waals surface area contributed by atoms with Gasteiger partial charge >= 0.3 is 0 Å². The smallest absolute Gasteiger partial charge is 0.248 e. The molecule has 2 aromatic carbocycles. The largest absolute Gasteiger partial charge is 0.366 e. The zero-order valence-corrected chi connectivity index (χ0v) is 14.5. The molecule has 0 aliphatic heterocycles. The summed E-state index contributed by atoms with van der Waals surface area (Å²) in [5.41, 5.74) is 5.67. The summed E-state index contributed by atoms with van der Waals surface area (Å²) in [6, 6.07) is 13.3. The van der Waals surface area contributed by atoms with Gasteiger partial charge in [0.05, 0.1) is 10.8 Å². The van der Waals surface area contributed by atoms with Crippen molar-refractivity contribution in [3.05, 3.63) is 65.7 Å². The maximum absolute atomic E-state index is 13.1. The quantitative estimate of drug-likeness (QED) is 0.794. The molecule has 7 heteroatoms. The topological polar surface area (TPSA) is 94.3 Å².